The van der Waals surface area contributed by atoms with Crippen molar-refractivity contribution in [1.82, 2.24) is 47.9 Å². The quantitative estimate of drug-likeness (QED) is 0.0169. The first kappa shape index (κ1) is 67.5. The predicted molar refractivity (Wildman–Crippen MR) is 285 cm³/mol. The molecule has 8 amide bonds. The largest absolute Gasteiger partial charge is 0.508 e. The normalized spacial score (nSPS) is 14.4. The summed E-state index contributed by atoms with van der Waals surface area (Å²) in [7, 11) is 0. The smallest absolute Gasteiger partial charge is 0.326 e. The molecule has 30 heteroatoms. The molecule has 0 saturated heterocycles. The number of aromatic hydroxyl groups is 1. The fourth-order valence-corrected chi connectivity index (χ4v) is 7.81. The predicted octanol–water partition coefficient (Wildman–Crippen LogP) is -4.06. The van der Waals surface area contributed by atoms with Crippen molar-refractivity contribution < 1.29 is 63.3 Å². The second kappa shape index (κ2) is 36.5. The lowest BCUT2D eigenvalue weighted by molar-refractivity contribution is -0.142. The van der Waals surface area contributed by atoms with Crippen molar-refractivity contribution in [3.05, 3.63) is 29.8 Å². The van der Waals surface area contributed by atoms with E-state index < -0.39 is 126 Å². The van der Waals surface area contributed by atoms with Crippen molar-refractivity contribution in [3.8, 4) is 5.75 Å². The number of phenolic OH excluding ortho intramolecular Hbond substituents is 1. The number of carboxylic acid groups (broad SMARTS) is 2. The highest BCUT2D eigenvalue weighted by Gasteiger charge is 2.36. The van der Waals surface area contributed by atoms with Crippen molar-refractivity contribution in [2.45, 2.75) is 146 Å². The van der Waals surface area contributed by atoms with Gasteiger partial charge in [-0.05, 0) is 100.0 Å². The van der Waals surface area contributed by atoms with Crippen LogP contribution in [0.3, 0.4) is 0 Å². The number of nitrogens with two attached hydrogens (primary N) is 5. The van der Waals surface area contributed by atoms with E-state index in [-0.39, 0.29) is 102 Å². The van der Waals surface area contributed by atoms with E-state index in [2.05, 4.69) is 47.9 Å². The number of unbranched alkanes of at least 4 members (excludes halogenated alkanes) is 1. The number of rotatable bonds is 39. The Kier molecular flexibility index (Phi) is 32.0. The Bertz CT molecular complexity index is 2160. The Morgan fingerprint density at radius 3 is 1.48 bits per heavy atom. The number of phenols is 1. The van der Waals surface area contributed by atoms with Crippen LogP contribution in [0.4, 0.5) is 0 Å². The molecule has 0 unspecified atom stereocenters. The number of thioether (sulfide) groups is 1. The van der Waals surface area contributed by atoms with Gasteiger partial charge in [0.15, 0.2) is 11.9 Å². The fraction of sp³-hybridized carbons (Fsp3) is 0.617. The van der Waals surface area contributed by atoms with E-state index in [9.17, 15) is 58.2 Å². The third kappa shape index (κ3) is 27.8. The summed E-state index contributed by atoms with van der Waals surface area (Å²) in [4.78, 5) is 133. The van der Waals surface area contributed by atoms with Crippen LogP contribution in [0.1, 0.15) is 96.5 Å². The average Bonchev–Trinajstić information content (AvgIpc) is 3.36. The van der Waals surface area contributed by atoms with E-state index in [0.29, 0.717) is 17.7 Å². The molecule has 1 aromatic carbocycles. The van der Waals surface area contributed by atoms with Crippen LogP contribution in [0.15, 0.2) is 24.3 Å². The van der Waals surface area contributed by atoms with Crippen LogP contribution in [0, 0.1) is 16.7 Å². The molecule has 24 N–H and O–H groups in total. The second-order valence-corrected chi connectivity index (χ2v) is 19.2. The Labute approximate surface area is 451 Å². The third-order valence-electron chi connectivity index (χ3n) is 11.9. The summed E-state index contributed by atoms with van der Waals surface area (Å²) in [5.41, 5.74) is 28.4. The molecule has 0 aliphatic rings. The first-order valence-corrected chi connectivity index (χ1v) is 26.5. The fourth-order valence-electron chi connectivity index (χ4n) is 7.34. The van der Waals surface area contributed by atoms with Gasteiger partial charge in [-0.1, -0.05) is 32.4 Å². The molecule has 1 aromatic rings. The maximum Gasteiger partial charge on any atom is 0.326 e. The van der Waals surface area contributed by atoms with Gasteiger partial charge in [-0.3, -0.25) is 54.0 Å². The second-order valence-electron chi connectivity index (χ2n) is 18.2. The minimum absolute atomic E-state index is 0.00148. The molecule has 0 aliphatic heterocycles. The highest BCUT2D eigenvalue weighted by molar-refractivity contribution is 7.98. The standard InChI is InChI=1S/C47H80N16O13S/c1-4-25(2)37(63-42(72)31(11-8-21-56-47(53)54)57-38(68)28(49)16-17-36(66)67)44(74)61-33(24-35(50)65)43(73)59-29(9-5-6-19-48)39(69)60-32(18-22-77-3)41(71)58-30(10-7-20-55-46(51)52)40(70)62-34(45(75)76)23-26-12-14-27(64)15-13-26/h12-15,25,28-34,37,64H,4-11,16-24,48-49H2,1-3H3,(H2,50,65)(H,57,68)(H,58,71)(H,59,73)(H,60,69)(H,61,74)(H,62,70)(H,63,72)(H,66,67)(H,75,76)(H4,51,52,55)(H4,53,54,56)/t25-,28-,29-,30-,31-,32-,33-,34-,37-/m0/s1. The number of nitrogens with one attached hydrogen (secondary N) is 11. The molecule has 0 bridgehead atoms. The molecule has 0 aliphatic carbocycles. The lowest BCUT2D eigenvalue weighted by Gasteiger charge is -2.29. The van der Waals surface area contributed by atoms with Gasteiger partial charge in [0, 0.05) is 25.9 Å². The minimum Gasteiger partial charge on any atom is -0.508 e. The Hall–Kier alpha value is -7.47. The molecule has 0 aromatic heterocycles. The number of carboxylic acids is 2. The van der Waals surface area contributed by atoms with Gasteiger partial charge < -0.3 is 91.8 Å². The number of aliphatic carboxylic acids is 2. The molecule has 0 saturated carbocycles. The van der Waals surface area contributed by atoms with Gasteiger partial charge in [-0.25, -0.2) is 4.79 Å². The van der Waals surface area contributed by atoms with Crippen molar-refractivity contribution in [1.29, 1.82) is 10.8 Å². The van der Waals surface area contributed by atoms with Crippen molar-refractivity contribution in [2.75, 3.05) is 31.6 Å². The van der Waals surface area contributed by atoms with Crippen LogP contribution in [0.25, 0.3) is 0 Å². The van der Waals surface area contributed by atoms with Crippen LogP contribution in [0.5, 0.6) is 5.75 Å². The summed E-state index contributed by atoms with van der Waals surface area (Å²) in [5, 5.41) is 66.5. The zero-order valence-electron chi connectivity index (χ0n) is 43.7. The first-order valence-electron chi connectivity index (χ1n) is 25.1. The zero-order valence-corrected chi connectivity index (χ0v) is 44.6. The van der Waals surface area contributed by atoms with E-state index in [1.54, 1.807) is 20.1 Å². The molecule has 0 fully saturated rings. The van der Waals surface area contributed by atoms with Gasteiger partial charge in [-0.2, -0.15) is 11.8 Å². The van der Waals surface area contributed by atoms with Crippen LogP contribution >= 0.6 is 11.8 Å². The number of amides is 8. The Morgan fingerprint density at radius 2 is 1.04 bits per heavy atom. The summed E-state index contributed by atoms with van der Waals surface area (Å²) in [6.07, 6.45) is 1.15. The van der Waals surface area contributed by atoms with E-state index in [1.165, 1.54) is 36.0 Å². The van der Waals surface area contributed by atoms with Gasteiger partial charge >= 0.3 is 11.9 Å². The van der Waals surface area contributed by atoms with Crippen molar-refractivity contribution in [2.24, 2.45) is 34.6 Å². The number of carbonyl (C=O) groups is 10. The van der Waals surface area contributed by atoms with Crippen LogP contribution < -0.4 is 76.5 Å². The van der Waals surface area contributed by atoms with E-state index >= 15 is 0 Å². The van der Waals surface area contributed by atoms with E-state index in [0.717, 1.165) is 0 Å². The molecule has 0 spiro atoms. The Morgan fingerprint density at radius 1 is 0.597 bits per heavy atom. The zero-order chi connectivity index (χ0) is 58.2. The molecule has 1 rings (SSSR count). The van der Waals surface area contributed by atoms with Gasteiger partial charge in [0.05, 0.1) is 12.5 Å². The summed E-state index contributed by atoms with van der Waals surface area (Å²) in [5.74, 6) is -11.1. The summed E-state index contributed by atoms with van der Waals surface area (Å²) in [6, 6.07) is -5.74. The summed E-state index contributed by atoms with van der Waals surface area (Å²) in [6.45, 7) is 3.72. The SMILES string of the molecule is CC[C@H](C)[C@H](NC(=O)[C@H](CCCNC(=N)N)NC(=O)[C@@H](N)CCC(=O)O)C(=O)N[C@@H](CC(N)=O)C(=O)N[C@@H](CCCCN)C(=O)N[C@@H](CCSC)C(=O)N[C@@H](CCCNC(=N)N)C(=O)N[C@@H](Cc1ccc(O)cc1)C(=O)O. The number of guanidine groups is 2. The highest BCUT2D eigenvalue weighted by Crippen LogP contribution is 2.14. The van der Waals surface area contributed by atoms with Gasteiger partial charge in [-0.15, -0.1) is 0 Å². The van der Waals surface area contributed by atoms with Gasteiger partial charge in [0.2, 0.25) is 47.3 Å². The molecule has 29 nitrogen and oxygen atoms in total. The lowest BCUT2D eigenvalue weighted by Crippen LogP contribution is -2.61. The highest BCUT2D eigenvalue weighted by atomic mass is 32.2. The molecular weight excluding hydrogens is 1030 g/mol. The lowest BCUT2D eigenvalue weighted by atomic mass is 9.96. The molecule has 77 heavy (non-hydrogen) atoms. The van der Waals surface area contributed by atoms with Crippen molar-refractivity contribution >= 4 is 82.9 Å². The molecule has 432 valence electrons. The topological polar surface area (TPSA) is 517 Å². The maximum absolute atomic E-state index is 14.2. The number of primary amides is 1. The van der Waals surface area contributed by atoms with Crippen LogP contribution in [-0.4, -0.2) is 166 Å². The average molecular weight is 1110 g/mol. The summed E-state index contributed by atoms with van der Waals surface area (Å²) < 4.78 is 0. The summed E-state index contributed by atoms with van der Waals surface area (Å²) >= 11 is 1.33. The van der Waals surface area contributed by atoms with Crippen LogP contribution in [-0.2, 0) is 54.4 Å². The first-order chi connectivity index (χ1) is 36.3. The van der Waals surface area contributed by atoms with Crippen molar-refractivity contribution in [3.63, 3.8) is 0 Å². The van der Waals surface area contributed by atoms with Crippen LogP contribution in [0.2, 0.25) is 0 Å². The van der Waals surface area contributed by atoms with E-state index in [1.807, 2.05) is 0 Å². The number of carbonyl (C=O) groups excluding carboxylic acids is 8. The molecular formula is C47H80N16O13S. The molecule has 0 heterocycles. The Balaban J connectivity index is 3.51. The van der Waals surface area contributed by atoms with Gasteiger partial charge in [0.25, 0.3) is 0 Å². The molecule has 9 atom stereocenters. The molecule has 0 radical (unpaired) electrons. The van der Waals surface area contributed by atoms with Gasteiger partial charge in [0.1, 0.15) is 48.0 Å². The number of hydrogen-bond acceptors (Lipinski definition) is 16. The monoisotopic (exact) mass is 1110 g/mol. The number of benzene rings is 1. The number of hydrogen-bond donors (Lipinski definition) is 19. The maximum atomic E-state index is 14.2. The third-order valence-corrected chi connectivity index (χ3v) is 12.5. The minimum atomic E-state index is -1.73. The van der Waals surface area contributed by atoms with E-state index in [4.69, 9.17) is 44.6 Å².